The maximum Gasteiger partial charge on any atom is 0.246 e. The SMILES string of the molecule is CN1CCN(CCCN(Cc2ccc(-c3ccc(CNCCc4ccccc4)cc3)cc2)C(=O)/C=C/c2ccccc2)CC1. The third-order valence-electron chi connectivity index (χ3n) is 8.40. The number of benzene rings is 4. The van der Waals surface area contributed by atoms with Gasteiger partial charge in [-0.2, -0.15) is 0 Å². The number of carbonyl (C=O) groups is 1. The van der Waals surface area contributed by atoms with Gasteiger partial charge in [0, 0.05) is 51.9 Å². The monoisotopic (exact) mass is 586 g/mol. The highest BCUT2D eigenvalue weighted by Gasteiger charge is 2.16. The molecular formula is C39H46N4O. The molecule has 5 heteroatoms. The van der Waals surface area contributed by atoms with Crippen LogP contribution in [0.4, 0.5) is 0 Å². The number of rotatable bonds is 14. The lowest BCUT2D eigenvalue weighted by Gasteiger charge is -2.33. The van der Waals surface area contributed by atoms with Crippen molar-refractivity contribution in [3.05, 3.63) is 138 Å². The Morgan fingerprint density at radius 3 is 2.02 bits per heavy atom. The van der Waals surface area contributed by atoms with Crippen molar-refractivity contribution in [1.82, 2.24) is 20.0 Å². The minimum atomic E-state index is 0.0595. The summed E-state index contributed by atoms with van der Waals surface area (Å²) in [6.07, 6.45) is 5.65. The summed E-state index contributed by atoms with van der Waals surface area (Å²) < 4.78 is 0. The summed E-state index contributed by atoms with van der Waals surface area (Å²) in [4.78, 5) is 20.2. The van der Waals surface area contributed by atoms with Crippen molar-refractivity contribution in [2.45, 2.75) is 25.9 Å². The number of hydrogen-bond donors (Lipinski definition) is 1. The second-order valence-corrected chi connectivity index (χ2v) is 11.8. The molecule has 0 radical (unpaired) electrons. The molecule has 0 unspecified atom stereocenters. The van der Waals surface area contributed by atoms with Gasteiger partial charge < -0.3 is 20.0 Å². The Balaban J connectivity index is 1.15. The number of likely N-dealkylation sites (N-methyl/N-ethyl adjacent to an activating group) is 1. The van der Waals surface area contributed by atoms with Gasteiger partial charge in [-0.3, -0.25) is 4.79 Å². The number of carbonyl (C=O) groups excluding carboxylic acids is 1. The molecule has 1 aliphatic rings. The largest absolute Gasteiger partial charge is 0.335 e. The molecule has 1 amide bonds. The Kier molecular flexibility index (Phi) is 11.9. The zero-order valence-corrected chi connectivity index (χ0v) is 26.1. The van der Waals surface area contributed by atoms with Gasteiger partial charge in [-0.1, -0.05) is 109 Å². The van der Waals surface area contributed by atoms with Gasteiger partial charge in [-0.05, 0) is 72.4 Å². The summed E-state index contributed by atoms with van der Waals surface area (Å²) in [5.74, 6) is 0.0595. The molecule has 0 bridgehead atoms. The Morgan fingerprint density at radius 1 is 0.750 bits per heavy atom. The van der Waals surface area contributed by atoms with E-state index in [4.69, 9.17) is 0 Å². The van der Waals surface area contributed by atoms with E-state index in [-0.39, 0.29) is 5.91 Å². The molecule has 0 saturated carbocycles. The predicted octanol–water partition coefficient (Wildman–Crippen LogP) is 6.37. The van der Waals surface area contributed by atoms with Crippen LogP contribution in [0.25, 0.3) is 17.2 Å². The molecule has 1 fully saturated rings. The van der Waals surface area contributed by atoms with Crippen LogP contribution in [0.3, 0.4) is 0 Å². The van der Waals surface area contributed by atoms with Gasteiger partial charge in [0.15, 0.2) is 0 Å². The molecule has 1 saturated heterocycles. The zero-order valence-electron chi connectivity index (χ0n) is 26.1. The van der Waals surface area contributed by atoms with Crippen molar-refractivity contribution >= 4 is 12.0 Å². The number of nitrogens with one attached hydrogen (secondary N) is 1. The van der Waals surface area contributed by atoms with Gasteiger partial charge in [-0.15, -0.1) is 0 Å². The van der Waals surface area contributed by atoms with Gasteiger partial charge in [-0.25, -0.2) is 0 Å². The predicted molar refractivity (Wildman–Crippen MR) is 183 cm³/mol. The van der Waals surface area contributed by atoms with E-state index in [9.17, 15) is 4.79 Å². The molecule has 0 spiro atoms. The third kappa shape index (κ3) is 10.0. The first-order valence-electron chi connectivity index (χ1n) is 16.0. The highest BCUT2D eigenvalue weighted by atomic mass is 16.2. The molecule has 1 N–H and O–H groups in total. The van der Waals surface area contributed by atoms with E-state index in [1.54, 1.807) is 6.08 Å². The molecule has 5 nitrogen and oxygen atoms in total. The number of amides is 1. The van der Waals surface area contributed by atoms with Gasteiger partial charge in [0.25, 0.3) is 0 Å². The van der Waals surface area contributed by atoms with Gasteiger partial charge in [0.2, 0.25) is 5.91 Å². The van der Waals surface area contributed by atoms with E-state index < -0.39 is 0 Å². The Hall–Kier alpha value is -4.03. The zero-order chi connectivity index (χ0) is 30.4. The highest BCUT2D eigenvalue weighted by Crippen LogP contribution is 2.21. The van der Waals surface area contributed by atoms with E-state index in [0.29, 0.717) is 6.54 Å². The van der Waals surface area contributed by atoms with E-state index in [0.717, 1.165) is 76.3 Å². The van der Waals surface area contributed by atoms with Crippen molar-refractivity contribution in [1.29, 1.82) is 0 Å². The van der Waals surface area contributed by atoms with Crippen molar-refractivity contribution in [3.63, 3.8) is 0 Å². The van der Waals surface area contributed by atoms with E-state index in [1.807, 2.05) is 41.3 Å². The van der Waals surface area contributed by atoms with Crippen LogP contribution in [0.5, 0.6) is 0 Å². The van der Waals surface area contributed by atoms with Crippen LogP contribution < -0.4 is 5.32 Å². The van der Waals surface area contributed by atoms with Crippen LogP contribution in [0.1, 0.15) is 28.7 Å². The molecule has 0 atom stereocenters. The summed E-state index contributed by atoms with van der Waals surface area (Å²) in [5, 5.41) is 3.56. The Labute approximate surface area is 263 Å². The molecule has 1 heterocycles. The lowest BCUT2D eigenvalue weighted by Crippen LogP contribution is -2.45. The third-order valence-corrected chi connectivity index (χ3v) is 8.40. The highest BCUT2D eigenvalue weighted by molar-refractivity contribution is 5.91. The number of nitrogens with zero attached hydrogens (tertiary/aromatic N) is 3. The van der Waals surface area contributed by atoms with Crippen LogP contribution in [0.15, 0.2) is 115 Å². The molecule has 5 rings (SSSR count). The second-order valence-electron chi connectivity index (χ2n) is 11.8. The summed E-state index contributed by atoms with van der Waals surface area (Å²) in [6, 6.07) is 38.1. The summed E-state index contributed by atoms with van der Waals surface area (Å²) >= 11 is 0. The quantitative estimate of drug-likeness (QED) is 0.138. The van der Waals surface area contributed by atoms with Crippen molar-refractivity contribution in [3.8, 4) is 11.1 Å². The van der Waals surface area contributed by atoms with Crippen molar-refractivity contribution in [2.24, 2.45) is 0 Å². The average molecular weight is 587 g/mol. The molecule has 1 aliphatic heterocycles. The van der Waals surface area contributed by atoms with Crippen LogP contribution in [0.2, 0.25) is 0 Å². The molecular weight excluding hydrogens is 540 g/mol. The van der Waals surface area contributed by atoms with Crippen molar-refractivity contribution < 1.29 is 4.79 Å². The fourth-order valence-electron chi connectivity index (χ4n) is 5.61. The van der Waals surface area contributed by atoms with E-state index in [2.05, 4.69) is 101 Å². The maximum absolute atomic E-state index is 13.3. The molecule has 0 aromatic heterocycles. The molecule has 4 aromatic rings. The first-order chi connectivity index (χ1) is 21.6. The summed E-state index contributed by atoms with van der Waals surface area (Å²) in [7, 11) is 2.18. The van der Waals surface area contributed by atoms with Crippen LogP contribution in [-0.4, -0.2) is 73.5 Å². The van der Waals surface area contributed by atoms with Crippen LogP contribution >= 0.6 is 0 Å². The fraction of sp³-hybridized carbons (Fsp3) is 0.308. The van der Waals surface area contributed by atoms with Gasteiger partial charge in [0.05, 0.1) is 0 Å². The minimum Gasteiger partial charge on any atom is -0.335 e. The van der Waals surface area contributed by atoms with Gasteiger partial charge in [0.1, 0.15) is 0 Å². The summed E-state index contributed by atoms with van der Waals surface area (Å²) in [6.45, 7) is 8.64. The number of piperazine rings is 1. The first kappa shape index (κ1) is 31.4. The normalized spacial score (nSPS) is 14.2. The smallest absolute Gasteiger partial charge is 0.246 e. The van der Waals surface area contributed by atoms with E-state index >= 15 is 0 Å². The van der Waals surface area contributed by atoms with Crippen LogP contribution in [0, 0.1) is 0 Å². The van der Waals surface area contributed by atoms with Crippen molar-refractivity contribution in [2.75, 3.05) is 52.9 Å². The summed E-state index contributed by atoms with van der Waals surface area (Å²) in [5.41, 5.74) is 7.23. The number of hydrogen-bond acceptors (Lipinski definition) is 4. The van der Waals surface area contributed by atoms with E-state index in [1.165, 1.54) is 22.3 Å². The fourth-order valence-corrected chi connectivity index (χ4v) is 5.61. The molecule has 44 heavy (non-hydrogen) atoms. The lowest BCUT2D eigenvalue weighted by molar-refractivity contribution is -0.126. The van der Waals surface area contributed by atoms with Gasteiger partial charge >= 0.3 is 0 Å². The Bertz CT molecular complexity index is 1430. The molecule has 228 valence electrons. The average Bonchev–Trinajstić information content (AvgIpc) is 3.07. The second kappa shape index (κ2) is 16.7. The topological polar surface area (TPSA) is 38.8 Å². The first-order valence-corrected chi connectivity index (χ1v) is 16.0. The Morgan fingerprint density at radius 2 is 1.36 bits per heavy atom. The lowest BCUT2D eigenvalue weighted by atomic mass is 10.0. The standard InChI is InChI=1S/C39H46N4O/c1-41-27-29-42(30-28-41)25-8-26-43(39(44)22-17-33-9-4-2-5-10-33)32-36-15-20-38(21-16-36)37-18-13-35(14-19-37)31-40-24-23-34-11-6-3-7-12-34/h2-7,9-22,40H,8,23-32H2,1H3/b22-17+. The molecule has 0 aliphatic carbocycles. The molecule has 4 aromatic carbocycles. The van der Waals surface area contributed by atoms with Crippen LogP contribution in [-0.2, 0) is 24.3 Å². The minimum absolute atomic E-state index is 0.0595. The maximum atomic E-state index is 13.3.